The molecule has 1 heterocycles. The minimum atomic E-state index is -3.41. The Labute approximate surface area is 129 Å². The van der Waals surface area contributed by atoms with E-state index in [4.69, 9.17) is 4.74 Å². The number of halogens is 1. The molecule has 1 aliphatic rings. The zero-order valence-corrected chi connectivity index (χ0v) is 14.4. The summed E-state index contributed by atoms with van der Waals surface area (Å²) >= 11 is 0. The molecule has 0 saturated carbocycles. The molecule has 1 fully saturated rings. The third-order valence-electron chi connectivity index (χ3n) is 3.85. The Balaban J connectivity index is 0.00000361. The summed E-state index contributed by atoms with van der Waals surface area (Å²) < 4.78 is 33.6. The monoisotopic (exact) mass is 329 g/mol. The van der Waals surface area contributed by atoms with Crippen molar-refractivity contribution < 1.29 is 13.2 Å². The molecule has 0 bridgehead atoms. The van der Waals surface area contributed by atoms with Gasteiger partial charge in [0.05, 0.1) is 6.61 Å². The lowest BCUT2D eigenvalue weighted by Crippen LogP contribution is -2.50. The van der Waals surface area contributed by atoms with Gasteiger partial charge in [-0.2, -0.15) is 12.7 Å². The predicted octanol–water partition coefficient (Wildman–Crippen LogP) is 0.599. The number of ether oxygens (including phenoxy) is 1. The van der Waals surface area contributed by atoms with Crippen molar-refractivity contribution in [3.63, 3.8) is 0 Å². The van der Waals surface area contributed by atoms with E-state index in [1.165, 1.54) is 4.31 Å². The third-order valence-corrected chi connectivity index (χ3v) is 5.54. The van der Waals surface area contributed by atoms with Gasteiger partial charge in [-0.1, -0.05) is 0 Å². The number of methoxy groups -OCH3 is 1. The smallest absolute Gasteiger partial charge is 0.279 e. The van der Waals surface area contributed by atoms with E-state index in [0.29, 0.717) is 13.2 Å². The van der Waals surface area contributed by atoms with E-state index in [1.54, 1.807) is 14.2 Å². The molecule has 1 rings (SSSR count). The fourth-order valence-corrected chi connectivity index (χ4v) is 3.51. The topological polar surface area (TPSA) is 70.7 Å². The van der Waals surface area contributed by atoms with E-state index in [-0.39, 0.29) is 23.9 Å². The molecule has 0 amide bonds. The fraction of sp³-hybridized carbons (Fsp3) is 1.00. The summed E-state index contributed by atoms with van der Waals surface area (Å²) in [5, 5.41) is 3.29. The molecule has 0 atom stereocenters. The van der Waals surface area contributed by atoms with Crippen molar-refractivity contribution in [2.75, 3.05) is 40.4 Å². The lowest BCUT2D eigenvalue weighted by atomic mass is 9.80. The molecule has 0 spiro atoms. The van der Waals surface area contributed by atoms with E-state index in [9.17, 15) is 8.42 Å². The van der Waals surface area contributed by atoms with Gasteiger partial charge < -0.3 is 10.1 Å². The Hall–Kier alpha value is 0.0800. The standard InChI is InChI=1S/C12H27N3O3S.ClH/c1-11(2)15(3)19(16,17)14-9-12(10-18-4)5-7-13-8-6-12;/h11,13-14H,5-10H2,1-4H3;1H. The molecule has 8 heteroatoms. The van der Waals surface area contributed by atoms with E-state index >= 15 is 0 Å². The van der Waals surface area contributed by atoms with Crippen molar-refractivity contribution >= 4 is 22.6 Å². The molecule has 0 aliphatic carbocycles. The lowest BCUT2D eigenvalue weighted by molar-refractivity contribution is 0.0574. The number of rotatable bonds is 7. The molecule has 6 nitrogen and oxygen atoms in total. The Morgan fingerprint density at radius 3 is 2.35 bits per heavy atom. The highest BCUT2D eigenvalue weighted by atomic mass is 35.5. The van der Waals surface area contributed by atoms with Gasteiger partial charge in [-0.15, -0.1) is 12.4 Å². The van der Waals surface area contributed by atoms with E-state index in [0.717, 1.165) is 25.9 Å². The first-order valence-electron chi connectivity index (χ1n) is 6.75. The highest BCUT2D eigenvalue weighted by Gasteiger charge is 2.34. The largest absolute Gasteiger partial charge is 0.384 e. The number of hydrogen-bond acceptors (Lipinski definition) is 4. The van der Waals surface area contributed by atoms with Crippen molar-refractivity contribution in [2.45, 2.75) is 32.7 Å². The third kappa shape index (κ3) is 5.46. The summed E-state index contributed by atoms with van der Waals surface area (Å²) in [5.41, 5.74) is -0.0924. The Kier molecular flexibility index (Phi) is 8.54. The second-order valence-electron chi connectivity index (χ2n) is 5.62. The van der Waals surface area contributed by atoms with Crippen LogP contribution in [0.15, 0.2) is 0 Å². The molecular weight excluding hydrogens is 302 g/mol. The van der Waals surface area contributed by atoms with Crippen LogP contribution >= 0.6 is 12.4 Å². The maximum atomic E-state index is 12.1. The van der Waals surface area contributed by atoms with Gasteiger partial charge in [-0.25, -0.2) is 4.72 Å². The molecule has 1 aliphatic heterocycles. The number of nitrogens with one attached hydrogen (secondary N) is 2. The van der Waals surface area contributed by atoms with Crippen molar-refractivity contribution in [3.8, 4) is 0 Å². The van der Waals surface area contributed by atoms with Crippen LogP contribution in [0.2, 0.25) is 0 Å². The quantitative estimate of drug-likeness (QED) is 0.717. The van der Waals surface area contributed by atoms with Gasteiger partial charge in [0.1, 0.15) is 0 Å². The molecule has 0 aromatic carbocycles. The van der Waals surface area contributed by atoms with Gasteiger partial charge in [0.15, 0.2) is 0 Å². The summed E-state index contributed by atoms with van der Waals surface area (Å²) in [6, 6.07) is -0.0519. The summed E-state index contributed by atoms with van der Waals surface area (Å²) in [5.74, 6) is 0. The van der Waals surface area contributed by atoms with Crippen LogP contribution in [0.1, 0.15) is 26.7 Å². The van der Waals surface area contributed by atoms with E-state index in [1.807, 2.05) is 13.8 Å². The normalized spacial score (nSPS) is 19.1. The maximum Gasteiger partial charge on any atom is 0.279 e. The molecule has 122 valence electrons. The molecule has 0 aromatic heterocycles. The van der Waals surface area contributed by atoms with E-state index < -0.39 is 10.2 Å². The van der Waals surface area contributed by atoms with Crippen LogP contribution in [0.3, 0.4) is 0 Å². The zero-order valence-electron chi connectivity index (χ0n) is 12.8. The SMILES string of the molecule is COCC1(CNS(=O)(=O)N(C)C(C)C)CCNCC1.Cl. The molecule has 0 aromatic rings. The van der Waals surface area contributed by atoms with Crippen LogP contribution in [0.25, 0.3) is 0 Å². The van der Waals surface area contributed by atoms with Crippen LogP contribution in [0.5, 0.6) is 0 Å². The number of hydrogen-bond donors (Lipinski definition) is 2. The number of nitrogens with zero attached hydrogens (tertiary/aromatic N) is 1. The van der Waals surface area contributed by atoms with Crippen LogP contribution < -0.4 is 10.0 Å². The van der Waals surface area contributed by atoms with Gasteiger partial charge in [-0.3, -0.25) is 0 Å². The fourth-order valence-electron chi connectivity index (χ4n) is 2.26. The highest BCUT2D eigenvalue weighted by Crippen LogP contribution is 2.28. The molecule has 0 unspecified atom stereocenters. The summed E-state index contributed by atoms with van der Waals surface area (Å²) in [6.45, 7) is 6.55. The van der Waals surface area contributed by atoms with Crippen molar-refractivity contribution in [1.82, 2.24) is 14.3 Å². The average molecular weight is 330 g/mol. The second-order valence-corrected chi connectivity index (χ2v) is 7.43. The molecule has 1 saturated heterocycles. The Morgan fingerprint density at radius 2 is 1.90 bits per heavy atom. The van der Waals surface area contributed by atoms with Crippen molar-refractivity contribution in [2.24, 2.45) is 5.41 Å². The average Bonchev–Trinajstić information content (AvgIpc) is 2.37. The van der Waals surface area contributed by atoms with Crippen molar-refractivity contribution in [3.05, 3.63) is 0 Å². The Bertz CT molecular complexity index is 365. The summed E-state index contributed by atoms with van der Waals surface area (Å²) in [7, 11) is -0.147. The van der Waals surface area contributed by atoms with Crippen LogP contribution in [0.4, 0.5) is 0 Å². The summed E-state index contributed by atoms with van der Waals surface area (Å²) in [6.07, 6.45) is 1.85. The first-order valence-corrected chi connectivity index (χ1v) is 8.19. The predicted molar refractivity (Wildman–Crippen MR) is 83.5 cm³/mol. The van der Waals surface area contributed by atoms with Crippen LogP contribution in [0, 0.1) is 5.41 Å². The number of piperidine rings is 1. The molecule has 2 N–H and O–H groups in total. The minimum absolute atomic E-state index is 0. The van der Waals surface area contributed by atoms with Gasteiger partial charge in [-0.05, 0) is 39.8 Å². The molecule has 20 heavy (non-hydrogen) atoms. The first kappa shape index (κ1) is 20.1. The molecular formula is C12H28ClN3O3S. The van der Waals surface area contributed by atoms with Crippen molar-refractivity contribution in [1.29, 1.82) is 0 Å². The van der Waals surface area contributed by atoms with Crippen LogP contribution in [-0.2, 0) is 14.9 Å². The summed E-state index contributed by atoms with van der Waals surface area (Å²) in [4.78, 5) is 0. The minimum Gasteiger partial charge on any atom is -0.384 e. The van der Waals surface area contributed by atoms with Gasteiger partial charge in [0.25, 0.3) is 10.2 Å². The maximum absolute atomic E-state index is 12.1. The highest BCUT2D eigenvalue weighted by molar-refractivity contribution is 7.87. The van der Waals surface area contributed by atoms with Gasteiger partial charge in [0, 0.05) is 32.2 Å². The van der Waals surface area contributed by atoms with E-state index in [2.05, 4.69) is 10.0 Å². The Morgan fingerprint density at radius 1 is 1.35 bits per heavy atom. The molecule has 0 radical (unpaired) electrons. The van der Waals surface area contributed by atoms with Crippen LogP contribution in [-0.4, -0.2) is 59.2 Å². The lowest BCUT2D eigenvalue weighted by Gasteiger charge is -2.37. The van der Waals surface area contributed by atoms with Gasteiger partial charge in [0.2, 0.25) is 0 Å². The van der Waals surface area contributed by atoms with Gasteiger partial charge >= 0.3 is 0 Å². The second kappa shape index (κ2) is 8.51. The zero-order chi connectivity index (χ0) is 14.5. The first-order chi connectivity index (χ1) is 8.83.